The molecule has 2 rings (SSSR count). The van der Waals surface area contributed by atoms with E-state index < -0.39 is 6.04 Å². The van der Waals surface area contributed by atoms with Gasteiger partial charge in [0.2, 0.25) is 5.91 Å². The number of hydrogen-bond donors (Lipinski definition) is 2. The molecule has 3 N–H and O–H groups in total. The molecule has 0 saturated carbocycles. The summed E-state index contributed by atoms with van der Waals surface area (Å²) in [6.45, 7) is 8.12. The topological polar surface area (TPSA) is 61.6 Å². The molecule has 128 valence electrons. The minimum Gasteiger partial charge on any atom is -0.351 e. The fourth-order valence-corrected chi connectivity index (χ4v) is 2.79. The highest BCUT2D eigenvalue weighted by atomic mass is 16.2. The summed E-state index contributed by atoms with van der Waals surface area (Å²) < 4.78 is 0. The van der Waals surface area contributed by atoms with Crippen LogP contribution in [0.25, 0.3) is 0 Å². The summed E-state index contributed by atoms with van der Waals surface area (Å²) in [7, 11) is 2.17. The number of hydrogen-bond acceptors (Lipinski definition) is 4. The molecule has 1 atom stereocenters. The van der Waals surface area contributed by atoms with Gasteiger partial charge in [-0.25, -0.2) is 0 Å². The van der Waals surface area contributed by atoms with Crippen molar-refractivity contribution in [2.24, 2.45) is 5.73 Å². The van der Waals surface area contributed by atoms with Crippen LogP contribution in [0.1, 0.15) is 30.9 Å². The van der Waals surface area contributed by atoms with Crippen LogP contribution in [0.15, 0.2) is 24.3 Å². The van der Waals surface area contributed by atoms with E-state index in [0.717, 1.165) is 51.1 Å². The monoisotopic (exact) mass is 318 g/mol. The van der Waals surface area contributed by atoms with Gasteiger partial charge in [-0.2, -0.15) is 0 Å². The Morgan fingerprint density at radius 1 is 1.17 bits per heavy atom. The molecule has 1 heterocycles. The largest absolute Gasteiger partial charge is 0.351 e. The average Bonchev–Trinajstić information content (AvgIpc) is 2.56. The summed E-state index contributed by atoms with van der Waals surface area (Å²) in [5, 5.41) is 2.91. The summed E-state index contributed by atoms with van der Waals surface area (Å²) in [6.07, 6.45) is 1.66. The highest BCUT2D eigenvalue weighted by Crippen LogP contribution is 2.10. The van der Waals surface area contributed by atoms with Crippen LogP contribution in [0.5, 0.6) is 0 Å². The molecule has 1 aromatic rings. The van der Waals surface area contributed by atoms with Crippen LogP contribution in [-0.2, 0) is 17.9 Å². The van der Waals surface area contributed by atoms with Crippen LogP contribution in [0.2, 0.25) is 0 Å². The molecule has 1 saturated heterocycles. The Morgan fingerprint density at radius 3 is 2.39 bits per heavy atom. The zero-order valence-corrected chi connectivity index (χ0v) is 14.4. The van der Waals surface area contributed by atoms with Gasteiger partial charge in [-0.3, -0.25) is 9.69 Å². The molecule has 1 amide bonds. The molecule has 0 aliphatic carbocycles. The first-order chi connectivity index (χ1) is 11.1. The molecule has 1 aromatic carbocycles. The molecule has 5 nitrogen and oxygen atoms in total. The van der Waals surface area contributed by atoms with Crippen molar-refractivity contribution in [3.05, 3.63) is 35.4 Å². The maximum absolute atomic E-state index is 11.8. The van der Waals surface area contributed by atoms with Gasteiger partial charge in [-0.1, -0.05) is 37.6 Å². The molecule has 1 aliphatic rings. The minimum absolute atomic E-state index is 0.0617. The van der Waals surface area contributed by atoms with Crippen molar-refractivity contribution in [1.29, 1.82) is 0 Å². The number of amides is 1. The number of piperazine rings is 1. The first kappa shape index (κ1) is 17.9. The first-order valence-electron chi connectivity index (χ1n) is 8.60. The Bertz CT molecular complexity index is 480. The van der Waals surface area contributed by atoms with Gasteiger partial charge in [-0.15, -0.1) is 0 Å². The number of benzene rings is 1. The zero-order chi connectivity index (χ0) is 16.7. The van der Waals surface area contributed by atoms with Crippen molar-refractivity contribution in [2.75, 3.05) is 33.2 Å². The third kappa shape index (κ3) is 5.94. The van der Waals surface area contributed by atoms with E-state index in [-0.39, 0.29) is 5.91 Å². The molecule has 0 spiro atoms. The molecule has 0 bridgehead atoms. The van der Waals surface area contributed by atoms with E-state index in [9.17, 15) is 4.79 Å². The van der Waals surface area contributed by atoms with E-state index in [1.807, 2.05) is 6.92 Å². The number of nitrogens with one attached hydrogen (secondary N) is 1. The fourth-order valence-electron chi connectivity index (χ4n) is 2.79. The lowest BCUT2D eigenvalue weighted by molar-refractivity contribution is -0.122. The van der Waals surface area contributed by atoms with Crippen molar-refractivity contribution in [3.8, 4) is 0 Å². The van der Waals surface area contributed by atoms with Crippen molar-refractivity contribution < 1.29 is 4.79 Å². The minimum atomic E-state index is -0.392. The zero-order valence-electron chi connectivity index (χ0n) is 14.4. The Morgan fingerprint density at radius 2 is 1.78 bits per heavy atom. The molecular weight excluding hydrogens is 288 g/mol. The second-order valence-corrected chi connectivity index (χ2v) is 6.51. The molecule has 1 fully saturated rings. The van der Waals surface area contributed by atoms with E-state index in [2.05, 4.69) is 46.4 Å². The number of likely N-dealkylation sites (N-methyl/N-ethyl adjacent to an activating group) is 1. The van der Waals surface area contributed by atoms with E-state index >= 15 is 0 Å². The fraction of sp³-hybridized carbons (Fsp3) is 0.611. The Labute approximate surface area is 139 Å². The van der Waals surface area contributed by atoms with Gasteiger partial charge in [0.25, 0.3) is 0 Å². The van der Waals surface area contributed by atoms with Crippen LogP contribution in [-0.4, -0.2) is 55.0 Å². The molecule has 0 aromatic heterocycles. The molecular formula is C18H30N4O. The number of rotatable bonds is 7. The number of carbonyl (C=O) groups is 1. The summed E-state index contributed by atoms with van der Waals surface area (Å²) in [5.74, 6) is -0.0617. The summed E-state index contributed by atoms with van der Waals surface area (Å²) >= 11 is 0. The van der Waals surface area contributed by atoms with E-state index in [1.54, 1.807) is 0 Å². The van der Waals surface area contributed by atoms with E-state index in [4.69, 9.17) is 5.73 Å². The molecule has 5 heteroatoms. The van der Waals surface area contributed by atoms with Gasteiger partial charge in [0.1, 0.15) is 0 Å². The lowest BCUT2D eigenvalue weighted by Crippen LogP contribution is -2.43. The van der Waals surface area contributed by atoms with Crippen LogP contribution in [0.3, 0.4) is 0 Å². The van der Waals surface area contributed by atoms with Crippen LogP contribution >= 0.6 is 0 Å². The lowest BCUT2D eigenvalue weighted by atomic mass is 10.1. The van der Waals surface area contributed by atoms with Gasteiger partial charge in [0.05, 0.1) is 6.04 Å². The smallest absolute Gasteiger partial charge is 0.237 e. The number of carbonyl (C=O) groups excluding carboxylic acids is 1. The average molecular weight is 318 g/mol. The van der Waals surface area contributed by atoms with Gasteiger partial charge in [-0.05, 0) is 24.6 Å². The number of nitrogens with two attached hydrogens (primary N) is 1. The van der Waals surface area contributed by atoms with E-state index in [0.29, 0.717) is 6.54 Å². The second-order valence-electron chi connectivity index (χ2n) is 6.51. The van der Waals surface area contributed by atoms with Crippen LogP contribution in [0, 0.1) is 0 Å². The standard InChI is InChI=1S/C18H30N4O/c1-3-4-17(19)18(23)20-13-15-5-7-16(8-6-15)14-22-11-9-21(2)10-12-22/h5-8,17H,3-4,9-14,19H2,1-2H3,(H,20,23). The van der Waals surface area contributed by atoms with Gasteiger partial charge < -0.3 is 16.0 Å². The van der Waals surface area contributed by atoms with Gasteiger partial charge in [0.15, 0.2) is 0 Å². The predicted octanol–water partition coefficient (Wildman–Crippen LogP) is 1.18. The Kier molecular flexibility index (Phi) is 7.02. The van der Waals surface area contributed by atoms with Gasteiger partial charge >= 0.3 is 0 Å². The lowest BCUT2D eigenvalue weighted by Gasteiger charge is -2.32. The Balaban J connectivity index is 1.77. The van der Waals surface area contributed by atoms with Crippen LogP contribution < -0.4 is 11.1 Å². The quantitative estimate of drug-likeness (QED) is 0.792. The molecule has 0 radical (unpaired) electrons. The van der Waals surface area contributed by atoms with Crippen molar-refractivity contribution in [2.45, 2.75) is 38.9 Å². The van der Waals surface area contributed by atoms with Crippen molar-refractivity contribution in [3.63, 3.8) is 0 Å². The molecule has 1 aliphatic heterocycles. The second kappa shape index (κ2) is 9.01. The summed E-state index contributed by atoms with van der Waals surface area (Å²) in [4.78, 5) is 16.7. The SMILES string of the molecule is CCCC(N)C(=O)NCc1ccc(CN2CCN(C)CC2)cc1. The highest BCUT2D eigenvalue weighted by Gasteiger charge is 2.14. The van der Waals surface area contributed by atoms with Crippen molar-refractivity contribution in [1.82, 2.24) is 15.1 Å². The van der Waals surface area contributed by atoms with Crippen molar-refractivity contribution >= 4 is 5.91 Å². The third-order valence-electron chi connectivity index (χ3n) is 4.43. The maximum Gasteiger partial charge on any atom is 0.237 e. The first-order valence-corrected chi connectivity index (χ1v) is 8.60. The van der Waals surface area contributed by atoms with Crippen LogP contribution in [0.4, 0.5) is 0 Å². The maximum atomic E-state index is 11.8. The van der Waals surface area contributed by atoms with E-state index in [1.165, 1.54) is 5.56 Å². The van der Waals surface area contributed by atoms with Gasteiger partial charge in [0, 0.05) is 39.3 Å². The number of nitrogens with zero attached hydrogens (tertiary/aromatic N) is 2. The summed E-state index contributed by atoms with van der Waals surface area (Å²) in [5.41, 5.74) is 8.25. The Hall–Kier alpha value is -1.43. The predicted molar refractivity (Wildman–Crippen MR) is 93.9 cm³/mol. The highest BCUT2D eigenvalue weighted by molar-refractivity contribution is 5.81. The normalized spacial score (nSPS) is 17.9. The summed E-state index contributed by atoms with van der Waals surface area (Å²) in [6, 6.07) is 8.11. The molecule has 23 heavy (non-hydrogen) atoms. The third-order valence-corrected chi connectivity index (χ3v) is 4.43. The molecule has 1 unspecified atom stereocenters.